The Hall–Kier alpha value is -1.59. The molecule has 5 nitrogen and oxygen atoms in total. The Morgan fingerprint density at radius 3 is 2.59 bits per heavy atom. The van der Waals surface area contributed by atoms with Gasteiger partial charge in [-0.1, -0.05) is 37.3 Å². The van der Waals surface area contributed by atoms with E-state index in [1.165, 1.54) is 5.56 Å². The number of hydrogen-bond acceptors (Lipinski definition) is 3. The molecule has 122 valence electrons. The summed E-state index contributed by atoms with van der Waals surface area (Å²) in [5.74, 6) is 0.871. The van der Waals surface area contributed by atoms with Crippen molar-refractivity contribution in [3.05, 3.63) is 35.9 Å². The van der Waals surface area contributed by atoms with E-state index in [0.29, 0.717) is 6.04 Å². The highest BCUT2D eigenvalue weighted by molar-refractivity contribution is 5.79. The predicted molar refractivity (Wildman–Crippen MR) is 91.2 cm³/mol. The van der Waals surface area contributed by atoms with E-state index in [0.717, 1.165) is 51.8 Å². The van der Waals surface area contributed by atoms with Crippen molar-refractivity contribution >= 4 is 5.96 Å². The zero-order valence-corrected chi connectivity index (χ0v) is 13.7. The average Bonchev–Trinajstić information content (AvgIpc) is 2.59. The first-order chi connectivity index (χ1) is 10.8. The second-order valence-electron chi connectivity index (χ2n) is 5.45. The van der Waals surface area contributed by atoms with Gasteiger partial charge in [0.1, 0.15) is 0 Å². The molecule has 1 heterocycles. The van der Waals surface area contributed by atoms with Crippen molar-refractivity contribution in [2.75, 3.05) is 46.4 Å². The van der Waals surface area contributed by atoms with Gasteiger partial charge in [-0.3, -0.25) is 9.89 Å². The molecule has 0 amide bonds. The number of nitrogens with one attached hydrogen (secondary N) is 2. The Kier molecular flexibility index (Phi) is 7.19. The van der Waals surface area contributed by atoms with Crippen LogP contribution in [0.25, 0.3) is 0 Å². The zero-order valence-electron chi connectivity index (χ0n) is 13.7. The van der Waals surface area contributed by atoms with E-state index in [1.54, 1.807) is 0 Å². The Morgan fingerprint density at radius 1 is 1.23 bits per heavy atom. The molecule has 5 heteroatoms. The highest BCUT2D eigenvalue weighted by Gasteiger charge is 2.22. The third-order valence-electron chi connectivity index (χ3n) is 3.90. The number of guanidine groups is 1. The molecule has 2 N–H and O–H groups in total. The van der Waals surface area contributed by atoms with Crippen molar-refractivity contribution in [1.29, 1.82) is 0 Å². The van der Waals surface area contributed by atoms with Crippen LogP contribution < -0.4 is 10.6 Å². The standard InChI is InChI=1S/C17H28N4O/c1-3-9-19-17(18-2)20-14-16(15-7-5-4-6-8-15)21-10-12-22-13-11-21/h4-8,16H,3,9-14H2,1-2H3,(H2,18,19,20). The summed E-state index contributed by atoms with van der Waals surface area (Å²) in [6.45, 7) is 7.50. The molecule has 1 aromatic carbocycles. The molecule has 1 aromatic rings. The van der Waals surface area contributed by atoms with E-state index in [9.17, 15) is 0 Å². The first kappa shape index (κ1) is 16.8. The molecule has 1 aliphatic heterocycles. The van der Waals surface area contributed by atoms with Gasteiger partial charge >= 0.3 is 0 Å². The smallest absolute Gasteiger partial charge is 0.191 e. The van der Waals surface area contributed by atoms with Gasteiger partial charge in [0.2, 0.25) is 0 Å². The van der Waals surface area contributed by atoms with Crippen molar-refractivity contribution < 1.29 is 4.74 Å². The van der Waals surface area contributed by atoms with Crippen LogP contribution in [-0.4, -0.2) is 57.3 Å². The van der Waals surface area contributed by atoms with Crippen molar-refractivity contribution in [2.24, 2.45) is 4.99 Å². The van der Waals surface area contributed by atoms with E-state index in [4.69, 9.17) is 4.74 Å². The fourth-order valence-electron chi connectivity index (χ4n) is 2.68. The topological polar surface area (TPSA) is 48.9 Å². The lowest BCUT2D eigenvalue weighted by Crippen LogP contribution is -2.46. The summed E-state index contributed by atoms with van der Waals surface area (Å²) in [6, 6.07) is 11.0. The van der Waals surface area contributed by atoms with E-state index in [-0.39, 0.29) is 0 Å². The maximum Gasteiger partial charge on any atom is 0.191 e. The average molecular weight is 304 g/mol. The number of morpholine rings is 1. The van der Waals surface area contributed by atoms with Gasteiger partial charge in [0.15, 0.2) is 5.96 Å². The van der Waals surface area contributed by atoms with Crippen LogP contribution in [-0.2, 0) is 4.74 Å². The molecular weight excluding hydrogens is 276 g/mol. The SMILES string of the molecule is CCCNC(=NC)NCC(c1ccccc1)N1CCOCC1. The van der Waals surface area contributed by atoms with E-state index >= 15 is 0 Å². The Labute approximate surface area is 133 Å². The fourth-order valence-corrected chi connectivity index (χ4v) is 2.68. The van der Waals surface area contributed by atoms with Gasteiger partial charge in [0, 0.05) is 33.2 Å². The third kappa shape index (κ3) is 5.00. The molecular formula is C17H28N4O. The molecule has 1 aliphatic rings. The number of hydrogen-bond donors (Lipinski definition) is 2. The van der Waals surface area contributed by atoms with Gasteiger partial charge in [-0.25, -0.2) is 0 Å². The second kappa shape index (κ2) is 9.43. The zero-order chi connectivity index (χ0) is 15.6. The van der Waals surface area contributed by atoms with E-state index in [2.05, 4.69) is 57.8 Å². The Bertz CT molecular complexity index is 443. The summed E-state index contributed by atoms with van der Waals surface area (Å²) in [5.41, 5.74) is 1.34. The van der Waals surface area contributed by atoms with Gasteiger partial charge < -0.3 is 15.4 Å². The van der Waals surface area contributed by atoms with Crippen LogP contribution in [0.4, 0.5) is 0 Å². The van der Waals surface area contributed by atoms with Gasteiger partial charge in [0.25, 0.3) is 0 Å². The minimum absolute atomic E-state index is 0.338. The molecule has 1 unspecified atom stereocenters. The second-order valence-corrected chi connectivity index (χ2v) is 5.45. The maximum atomic E-state index is 5.49. The van der Waals surface area contributed by atoms with Crippen molar-refractivity contribution in [1.82, 2.24) is 15.5 Å². The normalized spacial score (nSPS) is 18.0. The van der Waals surface area contributed by atoms with Crippen LogP contribution in [0.5, 0.6) is 0 Å². The lowest BCUT2D eigenvalue weighted by atomic mass is 10.0. The number of aliphatic imine (C=N–C) groups is 1. The summed E-state index contributed by atoms with van der Waals surface area (Å²) in [7, 11) is 1.82. The predicted octanol–water partition coefficient (Wildman–Crippen LogP) is 1.63. The first-order valence-corrected chi connectivity index (χ1v) is 8.16. The molecule has 0 saturated carbocycles. The number of nitrogens with zero attached hydrogens (tertiary/aromatic N) is 2. The number of ether oxygens (including phenoxy) is 1. The summed E-state index contributed by atoms with van der Waals surface area (Å²) in [6.07, 6.45) is 1.09. The summed E-state index contributed by atoms with van der Waals surface area (Å²) < 4.78 is 5.49. The highest BCUT2D eigenvalue weighted by atomic mass is 16.5. The van der Waals surface area contributed by atoms with Gasteiger partial charge in [-0.05, 0) is 12.0 Å². The van der Waals surface area contributed by atoms with Crippen molar-refractivity contribution in [3.63, 3.8) is 0 Å². The number of benzene rings is 1. The molecule has 1 saturated heterocycles. The van der Waals surface area contributed by atoms with Crippen LogP contribution in [0.3, 0.4) is 0 Å². The van der Waals surface area contributed by atoms with Crippen molar-refractivity contribution in [2.45, 2.75) is 19.4 Å². The molecule has 0 aromatic heterocycles. The van der Waals surface area contributed by atoms with Gasteiger partial charge in [-0.2, -0.15) is 0 Å². The quantitative estimate of drug-likeness (QED) is 0.619. The first-order valence-electron chi connectivity index (χ1n) is 8.16. The van der Waals surface area contributed by atoms with Crippen LogP contribution in [0.1, 0.15) is 24.9 Å². The van der Waals surface area contributed by atoms with Crippen LogP contribution in [0, 0.1) is 0 Å². The minimum atomic E-state index is 0.338. The van der Waals surface area contributed by atoms with Crippen LogP contribution in [0.15, 0.2) is 35.3 Å². The highest BCUT2D eigenvalue weighted by Crippen LogP contribution is 2.20. The Balaban J connectivity index is 2.01. The Morgan fingerprint density at radius 2 is 1.95 bits per heavy atom. The van der Waals surface area contributed by atoms with E-state index < -0.39 is 0 Å². The van der Waals surface area contributed by atoms with Gasteiger partial charge in [0.05, 0.1) is 19.3 Å². The molecule has 0 aliphatic carbocycles. The van der Waals surface area contributed by atoms with E-state index in [1.807, 2.05) is 7.05 Å². The van der Waals surface area contributed by atoms with Gasteiger partial charge in [-0.15, -0.1) is 0 Å². The summed E-state index contributed by atoms with van der Waals surface area (Å²) in [5, 5.41) is 6.78. The van der Waals surface area contributed by atoms with Crippen LogP contribution in [0.2, 0.25) is 0 Å². The monoisotopic (exact) mass is 304 g/mol. The largest absolute Gasteiger partial charge is 0.379 e. The van der Waals surface area contributed by atoms with Crippen molar-refractivity contribution in [3.8, 4) is 0 Å². The molecule has 2 rings (SSSR count). The molecule has 0 spiro atoms. The molecule has 0 bridgehead atoms. The fraction of sp³-hybridized carbons (Fsp3) is 0.588. The molecule has 22 heavy (non-hydrogen) atoms. The number of rotatable bonds is 6. The summed E-state index contributed by atoms with van der Waals surface area (Å²) >= 11 is 0. The molecule has 0 radical (unpaired) electrons. The molecule has 1 fully saturated rings. The summed E-state index contributed by atoms with van der Waals surface area (Å²) in [4.78, 5) is 6.77. The molecule has 1 atom stereocenters. The lowest BCUT2D eigenvalue weighted by molar-refractivity contribution is 0.0170. The maximum absolute atomic E-state index is 5.49. The van der Waals surface area contributed by atoms with Crippen LogP contribution >= 0.6 is 0 Å². The lowest BCUT2D eigenvalue weighted by Gasteiger charge is -2.35. The third-order valence-corrected chi connectivity index (χ3v) is 3.90. The minimum Gasteiger partial charge on any atom is -0.379 e.